The maximum absolute atomic E-state index is 11.9. The largest absolute Gasteiger partial charge is 0.369 e. The summed E-state index contributed by atoms with van der Waals surface area (Å²) in [6.45, 7) is 4.64. The molecule has 1 saturated heterocycles. The molecule has 8 heteroatoms. The van der Waals surface area contributed by atoms with Crippen molar-refractivity contribution >= 4 is 11.7 Å². The van der Waals surface area contributed by atoms with Gasteiger partial charge in [-0.1, -0.05) is 0 Å². The molecule has 124 valence electrons. The Hall–Kier alpha value is -2.95. The van der Waals surface area contributed by atoms with Gasteiger partial charge in [0.2, 0.25) is 5.91 Å². The molecule has 2 atom stereocenters. The second-order valence-corrected chi connectivity index (χ2v) is 6.19. The Morgan fingerprint density at radius 2 is 2.12 bits per heavy atom. The zero-order valence-corrected chi connectivity index (χ0v) is 13.9. The number of amides is 1. The highest BCUT2D eigenvalue weighted by Crippen LogP contribution is 2.36. The van der Waals surface area contributed by atoms with Crippen LogP contribution in [0, 0.1) is 31.1 Å². The molecule has 0 bridgehead atoms. The minimum Gasteiger partial charge on any atom is -0.369 e. The molecule has 1 amide bonds. The minimum atomic E-state index is -0.360. The first-order valence-electron chi connectivity index (χ1n) is 7.69. The molecule has 3 rings (SSSR count). The third-order valence-corrected chi connectivity index (χ3v) is 4.69. The maximum Gasteiger partial charge on any atom is 0.223 e. The topological polar surface area (TPSA) is 114 Å². The zero-order valence-electron chi connectivity index (χ0n) is 13.9. The summed E-state index contributed by atoms with van der Waals surface area (Å²) >= 11 is 0. The van der Waals surface area contributed by atoms with Crippen molar-refractivity contribution in [3.05, 3.63) is 34.8 Å². The van der Waals surface area contributed by atoms with Gasteiger partial charge in [-0.3, -0.25) is 9.48 Å². The molecule has 0 spiro atoms. The Morgan fingerprint density at radius 1 is 1.38 bits per heavy atom. The molecule has 2 aromatic rings. The van der Waals surface area contributed by atoms with E-state index < -0.39 is 0 Å². The van der Waals surface area contributed by atoms with Gasteiger partial charge < -0.3 is 10.6 Å². The highest BCUT2D eigenvalue weighted by Gasteiger charge is 2.39. The summed E-state index contributed by atoms with van der Waals surface area (Å²) in [5.74, 6) is -0.282. The molecule has 8 nitrogen and oxygen atoms in total. The van der Waals surface area contributed by atoms with E-state index in [1.54, 1.807) is 10.9 Å². The summed E-state index contributed by atoms with van der Waals surface area (Å²) in [5, 5.41) is 22.0. The molecule has 0 saturated carbocycles. The lowest BCUT2D eigenvalue weighted by Gasteiger charge is -2.19. The first kappa shape index (κ1) is 15.9. The van der Waals surface area contributed by atoms with Gasteiger partial charge in [0.1, 0.15) is 11.6 Å². The second kappa shape index (κ2) is 5.92. The van der Waals surface area contributed by atoms with Gasteiger partial charge in [-0.25, -0.2) is 0 Å². The number of carbonyl (C=O) groups excluding carboxylic acids is 1. The van der Waals surface area contributed by atoms with Crippen LogP contribution in [0.15, 0.2) is 12.4 Å². The van der Waals surface area contributed by atoms with E-state index in [0.29, 0.717) is 24.5 Å². The van der Waals surface area contributed by atoms with Gasteiger partial charge in [0, 0.05) is 32.3 Å². The fourth-order valence-electron chi connectivity index (χ4n) is 3.19. The zero-order chi connectivity index (χ0) is 17.4. The van der Waals surface area contributed by atoms with Gasteiger partial charge in [-0.15, -0.1) is 5.10 Å². The van der Waals surface area contributed by atoms with Crippen LogP contribution in [-0.4, -0.2) is 39.0 Å². The number of nitrogens with two attached hydrogens (primary N) is 1. The van der Waals surface area contributed by atoms with E-state index in [0.717, 1.165) is 16.8 Å². The van der Waals surface area contributed by atoms with E-state index in [1.807, 2.05) is 32.0 Å². The van der Waals surface area contributed by atoms with Crippen molar-refractivity contribution in [3.63, 3.8) is 0 Å². The van der Waals surface area contributed by atoms with Crippen molar-refractivity contribution < 1.29 is 4.79 Å². The third kappa shape index (κ3) is 2.58. The van der Waals surface area contributed by atoms with Gasteiger partial charge in [-0.2, -0.15) is 15.5 Å². The lowest BCUT2D eigenvalue weighted by molar-refractivity contribution is -0.121. The Balaban J connectivity index is 1.99. The Kier molecular flexibility index (Phi) is 3.93. The van der Waals surface area contributed by atoms with E-state index in [9.17, 15) is 10.1 Å². The molecule has 1 aliphatic heterocycles. The molecule has 1 fully saturated rings. The SMILES string of the molecule is Cc1nnc(N2C[C@H](C(N)=O)[C@@H](c3cnn(C)c3)C2)c(C#N)c1C. The van der Waals surface area contributed by atoms with Crippen LogP contribution in [0.2, 0.25) is 0 Å². The predicted octanol–water partition coefficient (Wildman–Crippen LogP) is 0.404. The fraction of sp³-hybridized carbons (Fsp3) is 0.438. The van der Waals surface area contributed by atoms with Gasteiger partial charge in [0.05, 0.1) is 17.8 Å². The molecular weight excluding hydrogens is 306 g/mol. The molecule has 2 N–H and O–H groups in total. The first-order chi connectivity index (χ1) is 11.4. The molecule has 0 radical (unpaired) electrons. The van der Waals surface area contributed by atoms with Gasteiger partial charge in [0.15, 0.2) is 5.82 Å². The quantitative estimate of drug-likeness (QED) is 0.874. The molecule has 3 heterocycles. The summed E-state index contributed by atoms with van der Waals surface area (Å²) < 4.78 is 1.70. The van der Waals surface area contributed by atoms with Crippen LogP contribution in [0.1, 0.15) is 28.3 Å². The van der Waals surface area contributed by atoms with Crippen LogP contribution < -0.4 is 10.6 Å². The Bertz CT molecular complexity index is 835. The lowest BCUT2D eigenvalue weighted by Crippen LogP contribution is -2.29. The number of hydrogen-bond acceptors (Lipinski definition) is 6. The minimum absolute atomic E-state index is 0.0776. The number of hydrogen-bond donors (Lipinski definition) is 1. The number of nitriles is 1. The van der Waals surface area contributed by atoms with Crippen LogP contribution in [-0.2, 0) is 11.8 Å². The molecule has 1 aliphatic rings. The molecular formula is C16H19N7O. The molecule has 2 aromatic heterocycles. The van der Waals surface area contributed by atoms with Crippen LogP contribution in [0.25, 0.3) is 0 Å². The monoisotopic (exact) mass is 325 g/mol. The summed E-state index contributed by atoms with van der Waals surface area (Å²) in [5.41, 5.74) is 8.59. The van der Waals surface area contributed by atoms with E-state index >= 15 is 0 Å². The number of rotatable bonds is 3. The Labute approximate surface area is 139 Å². The summed E-state index contributed by atoms with van der Waals surface area (Å²) in [7, 11) is 1.83. The standard InChI is InChI=1S/C16H19N7O/c1-9-10(2)20-21-16(12(9)4-17)23-7-13(14(8-23)15(18)24)11-5-19-22(3)6-11/h5-6,13-14H,7-8H2,1-3H3,(H2,18,24)/t13-,14+/m1/s1. The van der Waals surface area contributed by atoms with Crippen molar-refractivity contribution in [3.8, 4) is 6.07 Å². The number of primary amides is 1. The van der Waals surface area contributed by atoms with Crippen LogP contribution >= 0.6 is 0 Å². The fourth-order valence-corrected chi connectivity index (χ4v) is 3.19. The summed E-state index contributed by atoms with van der Waals surface area (Å²) in [6, 6.07) is 2.21. The van der Waals surface area contributed by atoms with Gasteiger partial charge >= 0.3 is 0 Å². The normalized spacial score (nSPS) is 20.2. The Morgan fingerprint density at radius 3 is 2.71 bits per heavy atom. The van der Waals surface area contributed by atoms with Crippen molar-refractivity contribution in [2.45, 2.75) is 19.8 Å². The third-order valence-electron chi connectivity index (χ3n) is 4.69. The number of aryl methyl sites for hydroxylation is 2. The van der Waals surface area contributed by atoms with Crippen molar-refractivity contribution in [1.82, 2.24) is 20.0 Å². The van der Waals surface area contributed by atoms with Gasteiger partial charge in [-0.05, 0) is 25.0 Å². The van der Waals surface area contributed by atoms with Crippen LogP contribution in [0.4, 0.5) is 5.82 Å². The van der Waals surface area contributed by atoms with Crippen molar-refractivity contribution in [2.75, 3.05) is 18.0 Å². The number of nitrogens with zero attached hydrogens (tertiary/aromatic N) is 6. The molecule has 0 unspecified atom stereocenters. The average molecular weight is 325 g/mol. The van der Waals surface area contributed by atoms with Crippen LogP contribution in [0.3, 0.4) is 0 Å². The highest BCUT2D eigenvalue weighted by atomic mass is 16.1. The number of anilines is 1. The van der Waals surface area contributed by atoms with Gasteiger partial charge in [0.25, 0.3) is 0 Å². The average Bonchev–Trinajstić information content (AvgIpc) is 3.16. The predicted molar refractivity (Wildman–Crippen MR) is 87.1 cm³/mol. The first-order valence-corrected chi connectivity index (χ1v) is 7.69. The highest BCUT2D eigenvalue weighted by molar-refractivity contribution is 5.80. The second-order valence-electron chi connectivity index (χ2n) is 6.19. The van der Waals surface area contributed by atoms with Crippen molar-refractivity contribution in [2.24, 2.45) is 18.7 Å². The lowest BCUT2D eigenvalue weighted by atomic mass is 9.90. The van der Waals surface area contributed by atoms with E-state index in [4.69, 9.17) is 5.73 Å². The maximum atomic E-state index is 11.9. The number of aromatic nitrogens is 4. The smallest absolute Gasteiger partial charge is 0.223 e. The molecule has 0 aliphatic carbocycles. The van der Waals surface area contributed by atoms with E-state index in [2.05, 4.69) is 21.4 Å². The van der Waals surface area contributed by atoms with E-state index in [1.165, 1.54) is 0 Å². The van der Waals surface area contributed by atoms with Crippen molar-refractivity contribution in [1.29, 1.82) is 5.26 Å². The summed E-state index contributed by atoms with van der Waals surface area (Å²) in [6.07, 6.45) is 3.64. The summed E-state index contributed by atoms with van der Waals surface area (Å²) in [4.78, 5) is 13.8. The molecule has 24 heavy (non-hydrogen) atoms. The van der Waals surface area contributed by atoms with E-state index in [-0.39, 0.29) is 17.7 Å². The number of carbonyl (C=O) groups is 1. The molecule has 0 aromatic carbocycles. The van der Waals surface area contributed by atoms with Crippen LogP contribution in [0.5, 0.6) is 0 Å².